The Hall–Kier alpha value is -4.28. The fourth-order valence-corrected chi connectivity index (χ4v) is 5.67. The molecular formula is C30H32N6O4. The number of imidazole rings is 1. The van der Waals surface area contributed by atoms with Crippen LogP contribution in [0.4, 0.5) is 5.69 Å². The molecule has 10 nitrogen and oxygen atoms in total. The Morgan fingerprint density at radius 2 is 1.73 bits per heavy atom. The number of anilines is 1. The average Bonchev–Trinajstić information content (AvgIpc) is 3.68. The van der Waals surface area contributed by atoms with Gasteiger partial charge >= 0.3 is 0 Å². The summed E-state index contributed by atoms with van der Waals surface area (Å²) in [4.78, 5) is 53.4. The fraction of sp³-hybridized carbons (Fsp3) is 0.333. The molecule has 10 heteroatoms. The molecule has 206 valence electrons. The second-order valence-corrected chi connectivity index (χ2v) is 10.5. The van der Waals surface area contributed by atoms with Gasteiger partial charge in [-0.2, -0.15) is 0 Å². The summed E-state index contributed by atoms with van der Waals surface area (Å²) in [5.41, 5.74) is 2.87. The van der Waals surface area contributed by atoms with Crippen molar-refractivity contribution < 1.29 is 14.7 Å². The van der Waals surface area contributed by atoms with E-state index in [1.165, 1.54) is 23.9 Å². The predicted molar refractivity (Wildman–Crippen MR) is 152 cm³/mol. The minimum Gasteiger partial charge on any atom is -0.386 e. The SMILES string of the molecule is C[C@H](Nc1cc[nH]c(=O)c1-c1nc2cc3c(cc2[nH]1)C(=O)N(CCCN1CCCC1)C3=O)[C@H](O)c1ccccc1. The number of aliphatic hydroxyl groups is 1. The number of rotatable bonds is 9. The van der Waals surface area contributed by atoms with Crippen LogP contribution in [0.15, 0.2) is 59.5 Å². The topological polar surface area (TPSA) is 134 Å². The van der Waals surface area contributed by atoms with Crippen LogP contribution >= 0.6 is 0 Å². The Morgan fingerprint density at radius 3 is 2.48 bits per heavy atom. The number of amides is 2. The van der Waals surface area contributed by atoms with E-state index in [9.17, 15) is 19.5 Å². The highest BCUT2D eigenvalue weighted by molar-refractivity contribution is 6.22. The van der Waals surface area contributed by atoms with Crippen molar-refractivity contribution in [2.45, 2.75) is 38.3 Å². The summed E-state index contributed by atoms with van der Waals surface area (Å²) in [6, 6.07) is 13.9. The molecule has 2 aromatic carbocycles. The smallest absolute Gasteiger partial charge is 0.261 e. The molecule has 2 aromatic heterocycles. The van der Waals surface area contributed by atoms with Crippen LogP contribution in [-0.4, -0.2) is 73.9 Å². The molecule has 1 saturated heterocycles. The highest BCUT2D eigenvalue weighted by Crippen LogP contribution is 2.31. The number of hydrogen-bond donors (Lipinski definition) is 4. The second kappa shape index (κ2) is 10.7. The van der Waals surface area contributed by atoms with Gasteiger partial charge in [0.2, 0.25) is 0 Å². The zero-order valence-electron chi connectivity index (χ0n) is 22.3. The van der Waals surface area contributed by atoms with Gasteiger partial charge < -0.3 is 25.3 Å². The lowest BCUT2D eigenvalue weighted by Gasteiger charge is -2.22. The molecule has 0 bridgehead atoms. The minimum atomic E-state index is -0.803. The van der Waals surface area contributed by atoms with Gasteiger partial charge in [0.1, 0.15) is 11.4 Å². The lowest BCUT2D eigenvalue weighted by molar-refractivity contribution is 0.0648. The number of hydrogen-bond acceptors (Lipinski definition) is 7. The number of carbonyl (C=O) groups is 2. The van der Waals surface area contributed by atoms with Gasteiger partial charge in [-0.1, -0.05) is 30.3 Å². The number of likely N-dealkylation sites (tertiary alicyclic amines) is 1. The van der Waals surface area contributed by atoms with Gasteiger partial charge in [-0.05, 0) is 69.6 Å². The lowest BCUT2D eigenvalue weighted by Crippen LogP contribution is -2.33. The van der Waals surface area contributed by atoms with Crippen molar-refractivity contribution in [2.75, 3.05) is 31.5 Å². The molecule has 2 aliphatic rings. The van der Waals surface area contributed by atoms with Gasteiger partial charge in [0.25, 0.3) is 17.4 Å². The number of aromatic nitrogens is 3. The van der Waals surface area contributed by atoms with Crippen LogP contribution in [0.25, 0.3) is 22.4 Å². The zero-order valence-corrected chi connectivity index (χ0v) is 22.3. The van der Waals surface area contributed by atoms with Gasteiger partial charge in [0.15, 0.2) is 0 Å². The van der Waals surface area contributed by atoms with Crippen molar-refractivity contribution in [2.24, 2.45) is 0 Å². The van der Waals surface area contributed by atoms with Crippen molar-refractivity contribution in [3.05, 3.63) is 81.8 Å². The minimum absolute atomic E-state index is 0.271. The van der Waals surface area contributed by atoms with Crippen LogP contribution < -0.4 is 10.9 Å². The first-order valence-corrected chi connectivity index (χ1v) is 13.7. The summed E-state index contributed by atoms with van der Waals surface area (Å²) < 4.78 is 0. The van der Waals surface area contributed by atoms with E-state index in [-0.39, 0.29) is 22.9 Å². The van der Waals surface area contributed by atoms with Crippen LogP contribution in [0.5, 0.6) is 0 Å². The maximum absolute atomic E-state index is 13.1. The molecule has 4 heterocycles. The maximum Gasteiger partial charge on any atom is 0.261 e. The molecule has 0 unspecified atom stereocenters. The summed E-state index contributed by atoms with van der Waals surface area (Å²) in [5, 5.41) is 14.1. The number of nitrogens with one attached hydrogen (secondary N) is 3. The Bertz CT molecular complexity index is 1570. The van der Waals surface area contributed by atoms with E-state index in [1.807, 2.05) is 37.3 Å². The van der Waals surface area contributed by atoms with E-state index >= 15 is 0 Å². The molecule has 2 amide bonds. The maximum atomic E-state index is 13.1. The Balaban J connectivity index is 1.25. The van der Waals surface area contributed by atoms with Crippen LogP contribution in [0.3, 0.4) is 0 Å². The molecule has 0 radical (unpaired) electrons. The second-order valence-electron chi connectivity index (χ2n) is 10.5. The van der Waals surface area contributed by atoms with Gasteiger partial charge in [0, 0.05) is 12.7 Å². The third-order valence-corrected chi connectivity index (χ3v) is 7.82. The van der Waals surface area contributed by atoms with Gasteiger partial charge in [-0.3, -0.25) is 19.3 Å². The molecule has 0 spiro atoms. The number of aliphatic hydroxyl groups excluding tert-OH is 1. The molecule has 0 aliphatic carbocycles. The monoisotopic (exact) mass is 540 g/mol. The first-order chi connectivity index (χ1) is 19.4. The molecule has 40 heavy (non-hydrogen) atoms. The Labute approximate surface area is 231 Å². The van der Waals surface area contributed by atoms with Crippen molar-refractivity contribution in [3.63, 3.8) is 0 Å². The third kappa shape index (κ3) is 4.80. The number of carbonyl (C=O) groups excluding carboxylic acids is 2. The van der Waals surface area contributed by atoms with E-state index in [0.29, 0.717) is 40.2 Å². The molecule has 1 fully saturated rings. The van der Waals surface area contributed by atoms with Gasteiger partial charge in [-0.25, -0.2) is 4.98 Å². The number of nitrogens with zero attached hydrogens (tertiary/aromatic N) is 3. The number of pyridine rings is 1. The zero-order chi connectivity index (χ0) is 27.8. The number of H-pyrrole nitrogens is 2. The third-order valence-electron chi connectivity index (χ3n) is 7.82. The van der Waals surface area contributed by atoms with Crippen LogP contribution in [0, 0.1) is 0 Å². The highest BCUT2D eigenvalue weighted by Gasteiger charge is 2.36. The van der Waals surface area contributed by atoms with E-state index in [2.05, 4.69) is 25.2 Å². The van der Waals surface area contributed by atoms with E-state index in [4.69, 9.17) is 0 Å². The quantitative estimate of drug-likeness (QED) is 0.239. The molecule has 4 N–H and O–H groups in total. The Kier molecular flexibility index (Phi) is 6.95. The van der Waals surface area contributed by atoms with E-state index in [0.717, 1.165) is 31.6 Å². The molecule has 0 saturated carbocycles. The standard InChI is InChI=1S/C30H32N6O4/c1-18(26(37)19-8-3-2-4-9-19)32-22-10-11-31-28(38)25(22)27-33-23-16-20-21(17-24(23)34-27)30(40)36(29(20)39)15-7-14-35-12-5-6-13-35/h2-4,8-11,16-18,26,37H,5-7,12-15H2,1H3,(H,33,34)(H2,31,32,38)/t18-,26-/m0/s1. The summed E-state index contributed by atoms with van der Waals surface area (Å²) in [6.07, 6.45) is 3.88. The molecule has 2 atom stereocenters. The normalized spacial score (nSPS) is 17.0. The van der Waals surface area contributed by atoms with Gasteiger partial charge in [-0.15, -0.1) is 0 Å². The first-order valence-electron chi connectivity index (χ1n) is 13.7. The van der Waals surface area contributed by atoms with Crippen LogP contribution in [0.2, 0.25) is 0 Å². The van der Waals surface area contributed by atoms with Gasteiger partial charge in [0.05, 0.1) is 40.0 Å². The summed E-state index contributed by atoms with van der Waals surface area (Å²) in [7, 11) is 0. The Morgan fingerprint density at radius 1 is 1.00 bits per heavy atom. The van der Waals surface area contributed by atoms with Crippen LogP contribution in [-0.2, 0) is 0 Å². The first kappa shape index (κ1) is 26.0. The number of aromatic amines is 2. The molecular weight excluding hydrogens is 508 g/mol. The molecule has 2 aliphatic heterocycles. The largest absolute Gasteiger partial charge is 0.386 e. The van der Waals surface area contributed by atoms with E-state index < -0.39 is 12.1 Å². The van der Waals surface area contributed by atoms with Crippen molar-refractivity contribution >= 4 is 28.5 Å². The fourth-order valence-electron chi connectivity index (χ4n) is 5.67. The van der Waals surface area contributed by atoms with E-state index in [1.54, 1.807) is 18.2 Å². The number of benzene rings is 2. The summed E-state index contributed by atoms with van der Waals surface area (Å²) in [5.74, 6) is -0.314. The summed E-state index contributed by atoms with van der Waals surface area (Å²) in [6.45, 7) is 5.25. The number of fused-ring (bicyclic) bond motifs is 2. The lowest BCUT2D eigenvalue weighted by atomic mass is 10.0. The van der Waals surface area contributed by atoms with Crippen molar-refractivity contribution in [3.8, 4) is 11.4 Å². The highest BCUT2D eigenvalue weighted by atomic mass is 16.3. The predicted octanol–water partition coefficient (Wildman–Crippen LogP) is 3.53. The van der Waals surface area contributed by atoms with Crippen molar-refractivity contribution in [1.82, 2.24) is 24.8 Å². The number of imide groups is 1. The molecule has 6 rings (SSSR count). The summed E-state index contributed by atoms with van der Waals surface area (Å²) >= 11 is 0. The average molecular weight is 541 g/mol. The van der Waals surface area contributed by atoms with Crippen molar-refractivity contribution in [1.29, 1.82) is 0 Å². The molecule has 4 aromatic rings. The van der Waals surface area contributed by atoms with Crippen LogP contribution in [0.1, 0.15) is 58.6 Å².